The Kier molecular flexibility index (Phi) is 9.57. The molecule has 0 bridgehead atoms. The van der Waals surface area contributed by atoms with Gasteiger partial charge in [0.25, 0.3) is 5.91 Å². The molecule has 0 aliphatic rings. The maximum absolute atomic E-state index is 12.7. The molecule has 0 saturated heterocycles. The standard InChI is InChI=1S/C25H23N7O.2ClH/c1-16(31-32-25(26)27)18-5-4-6-20(15-18)30-24(33)17-9-11-19(12-10-17)29-23-13-14-28-22-8-3-2-7-21(22)23;;/h2-15H,1H3,(H,28,29)(H,30,33)(H4,26,27,32);2*1H/b31-16-;;. The molecule has 0 radical (unpaired) electrons. The lowest BCUT2D eigenvalue weighted by Gasteiger charge is -2.11. The van der Waals surface area contributed by atoms with Gasteiger partial charge in [-0.15, -0.1) is 29.9 Å². The van der Waals surface area contributed by atoms with Crippen molar-refractivity contribution in [3.63, 3.8) is 0 Å². The second-order valence-corrected chi connectivity index (χ2v) is 7.32. The van der Waals surface area contributed by atoms with Gasteiger partial charge in [0.1, 0.15) is 0 Å². The maximum atomic E-state index is 12.7. The average molecular weight is 510 g/mol. The Labute approximate surface area is 215 Å². The summed E-state index contributed by atoms with van der Waals surface area (Å²) >= 11 is 0. The maximum Gasteiger partial charge on any atom is 0.255 e. The predicted octanol–water partition coefficient (Wildman–Crippen LogP) is 5.07. The van der Waals surface area contributed by atoms with Gasteiger partial charge in [0.05, 0.1) is 11.2 Å². The van der Waals surface area contributed by atoms with Crippen LogP contribution in [0, 0.1) is 0 Å². The van der Waals surface area contributed by atoms with E-state index in [9.17, 15) is 4.79 Å². The van der Waals surface area contributed by atoms with Crippen LogP contribution in [0.5, 0.6) is 0 Å². The molecular formula is C25H25Cl2N7O. The molecule has 1 aromatic heterocycles. The first-order chi connectivity index (χ1) is 16.0. The lowest BCUT2D eigenvalue weighted by Crippen LogP contribution is -2.22. The van der Waals surface area contributed by atoms with E-state index in [0.29, 0.717) is 17.0 Å². The molecule has 4 rings (SSSR count). The predicted molar refractivity (Wildman–Crippen MR) is 148 cm³/mol. The first-order valence-electron chi connectivity index (χ1n) is 10.3. The zero-order valence-electron chi connectivity index (χ0n) is 18.8. The Morgan fingerprint density at radius 1 is 0.829 bits per heavy atom. The minimum Gasteiger partial charge on any atom is -0.369 e. The van der Waals surface area contributed by atoms with E-state index >= 15 is 0 Å². The zero-order chi connectivity index (χ0) is 23.2. The minimum absolute atomic E-state index is 0. The van der Waals surface area contributed by atoms with E-state index in [1.807, 2.05) is 60.7 Å². The third-order valence-corrected chi connectivity index (χ3v) is 4.93. The molecule has 0 spiro atoms. The minimum atomic E-state index is -0.216. The number of benzene rings is 3. The summed E-state index contributed by atoms with van der Waals surface area (Å²) in [4.78, 5) is 17.1. The average Bonchev–Trinajstić information content (AvgIpc) is 2.83. The van der Waals surface area contributed by atoms with E-state index < -0.39 is 0 Å². The number of nitrogens with one attached hydrogen (secondary N) is 2. The number of fused-ring (bicyclic) bond motifs is 1. The van der Waals surface area contributed by atoms with E-state index in [0.717, 1.165) is 27.8 Å². The van der Waals surface area contributed by atoms with Crippen molar-refractivity contribution in [3.05, 3.63) is 96.2 Å². The molecule has 0 fully saturated rings. The second-order valence-electron chi connectivity index (χ2n) is 7.32. The number of amides is 1. The Morgan fingerprint density at radius 2 is 1.57 bits per heavy atom. The molecule has 1 amide bonds. The summed E-state index contributed by atoms with van der Waals surface area (Å²) in [6.07, 6.45) is 1.77. The van der Waals surface area contributed by atoms with Crippen LogP contribution < -0.4 is 22.1 Å². The van der Waals surface area contributed by atoms with E-state index in [4.69, 9.17) is 11.5 Å². The lowest BCUT2D eigenvalue weighted by molar-refractivity contribution is 0.102. The first kappa shape index (κ1) is 27.1. The van der Waals surface area contributed by atoms with Crippen molar-refractivity contribution in [2.45, 2.75) is 6.92 Å². The highest BCUT2D eigenvalue weighted by Crippen LogP contribution is 2.25. The molecule has 0 aliphatic carbocycles. The van der Waals surface area contributed by atoms with Gasteiger partial charge in [-0.05, 0) is 61.0 Å². The van der Waals surface area contributed by atoms with Crippen molar-refractivity contribution in [3.8, 4) is 0 Å². The SMILES string of the molecule is C/C(=N/N=C(N)N)c1cccc(NC(=O)c2ccc(Nc3ccnc4ccccc34)cc2)c1.Cl.Cl. The van der Waals surface area contributed by atoms with Crippen LogP contribution in [0.1, 0.15) is 22.8 Å². The summed E-state index contributed by atoms with van der Waals surface area (Å²) in [6.45, 7) is 1.78. The monoisotopic (exact) mass is 509 g/mol. The number of nitrogens with zero attached hydrogens (tertiary/aromatic N) is 3. The number of nitrogens with two attached hydrogens (primary N) is 2. The van der Waals surface area contributed by atoms with Gasteiger partial charge >= 0.3 is 0 Å². The van der Waals surface area contributed by atoms with Crippen LogP contribution in [0.4, 0.5) is 17.1 Å². The van der Waals surface area contributed by atoms with Crippen molar-refractivity contribution < 1.29 is 4.79 Å². The molecule has 6 N–H and O–H groups in total. The smallest absolute Gasteiger partial charge is 0.255 e. The van der Waals surface area contributed by atoms with Gasteiger partial charge in [-0.25, -0.2) is 0 Å². The number of para-hydroxylation sites is 1. The summed E-state index contributed by atoms with van der Waals surface area (Å²) < 4.78 is 0. The van der Waals surface area contributed by atoms with Gasteiger partial charge in [-0.1, -0.05) is 30.3 Å². The first-order valence-corrected chi connectivity index (χ1v) is 10.3. The third kappa shape index (κ3) is 6.92. The molecule has 0 aliphatic heterocycles. The Hall–Kier alpha value is -4.14. The van der Waals surface area contributed by atoms with Gasteiger partial charge < -0.3 is 22.1 Å². The van der Waals surface area contributed by atoms with Gasteiger partial charge in [0.2, 0.25) is 5.96 Å². The number of hydrogen-bond donors (Lipinski definition) is 4. The van der Waals surface area contributed by atoms with E-state index in [1.54, 1.807) is 31.3 Å². The number of anilines is 3. The molecule has 10 heteroatoms. The summed E-state index contributed by atoms with van der Waals surface area (Å²) in [5.74, 6) is -0.333. The molecule has 0 saturated carbocycles. The number of carbonyl (C=O) groups is 1. The lowest BCUT2D eigenvalue weighted by atomic mass is 10.1. The highest BCUT2D eigenvalue weighted by atomic mass is 35.5. The quantitative estimate of drug-likeness (QED) is 0.163. The van der Waals surface area contributed by atoms with Crippen molar-refractivity contribution in [2.24, 2.45) is 21.7 Å². The second kappa shape index (κ2) is 12.4. The highest BCUT2D eigenvalue weighted by molar-refractivity contribution is 6.06. The van der Waals surface area contributed by atoms with Gasteiger partial charge in [0.15, 0.2) is 0 Å². The van der Waals surface area contributed by atoms with Crippen LogP contribution in [0.3, 0.4) is 0 Å². The zero-order valence-corrected chi connectivity index (χ0v) is 20.4. The number of rotatable bonds is 6. The van der Waals surface area contributed by atoms with Crippen molar-refractivity contribution in [1.29, 1.82) is 0 Å². The van der Waals surface area contributed by atoms with Gasteiger partial charge in [-0.3, -0.25) is 9.78 Å². The van der Waals surface area contributed by atoms with E-state index in [1.165, 1.54) is 0 Å². The van der Waals surface area contributed by atoms with Crippen LogP contribution in [0.2, 0.25) is 0 Å². The molecular weight excluding hydrogens is 485 g/mol. The largest absolute Gasteiger partial charge is 0.369 e. The Bertz CT molecular complexity index is 1360. The summed E-state index contributed by atoms with van der Waals surface area (Å²) in [6, 6.07) is 24.4. The van der Waals surface area contributed by atoms with E-state index in [-0.39, 0.29) is 36.7 Å². The van der Waals surface area contributed by atoms with Gasteiger partial charge in [0, 0.05) is 34.2 Å². The molecule has 3 aromatic carbocycles. The van der Waals surface area contributed by atoms with E-state index in [2.05, 4.69) is 25.8 Å². The number of pyridine rings is 1. The van der Waals surface area contributed by atoms with Gasteiger partial charge in [-0.2, -0.15) is 5.10 Å². The number of aromatic nitrogens is 1. The van der Waals surface area contributed by atoms with Crippen LogP contribution in [0.15, 0.2) is 95.3 Å². The molecule has 1 heterocycles. The summed E-state index contributed by atoms with van der Waals surface area (Å²) in [5.41, 5.74) is 16.0. The number of halogens is 2. The molecule has 0 atom stereocenters. The molecule has 4 aromatic rings. The summed E-state index contributed by atoms with van der Waals surface area (Å²) in [5, 5.41) is 14.9. The fraction of sp³-hybridized carbons (Fsp3) is 0.0400. The third-order valence-electron chi connectivity index (χ3n) is 4.93. The fourth-order valence-electron chi connectivity index (χ4n) is 3.28. The molecule has 35 heavy (non-hydrogen) atoms. The van der Waals surface area contributed by atoms with Crippen LogP contribution >= 0.6 is 24.8 Å². The molecule has 0 unspecified atom stereocenters. The van der Waals surface area contributed by atoms with Crippen molar-refractivity contribution >= 4 is 70.4 Å². The van der Waals surface area contributed by atoms with Crippen LogP contribution in [-0.2, 0) is 0 Å². The van der Waals surface area contributed by atoms with Crippen molar-refractivity contribution in [1.82, 2.24) is 4.98 Å². The van der Waals surface area contributed by atoms with Crippen LogP contribution in [0.25, 0.3) is 10.9 Å². The number of guanidine groups is 1. The highest BCUT2D eigenvalue weighted by Gasteiger charge is 2.08. The normalized spacial score (nSPS) is 10.5. The number of hydrogen-bond acceptors (Lipinski definition) is 5. The van der Waals surface area contributed by atoms with Crippen LogP contribution in [-0.4, -0.2) is 22.6 Å². The number of carbonyl (C=O) groups excluding carboxylic acids is 1. The molecule has 8 nitrogen and oxygen atoms in total. The summed E-state index contributed by atoms with van der Waals surface area (Å²) in [7, 11) is 0. The Balaban J connectivity index is 0.00000216. The fourth-order valence-corrected chi connectivity index (χ4v) is 3.28. The molecule has 180 valence electrons. The van der Waals surface area contributed by atoms with Crippen molar-refractivity contribution in [2.75, 3.05) is 10.6 Å². The topological polar surface area (TPSA) is 131 Å². The Morgan fingerprint density at radius 3 is 2.31 bits per heavy atom.